The van der Waals surface area contributed by atoms with Gasteiger partial charge in [0.25, 0.3) is 0 Å². The maximum absolute atomic E-state index is 14.6. The first kappa shape index (κ1) is 22.7. The molecule has 176 valence electrons. The van der Waals surface area contributed by atoms with Gasteiger partial charge < -0.3 is 21.8 Å². The molecule has 7 N–H and O–H groups in total. The highest BCUT2D eigenvalue weighted by Gasteiger charge is 2.47. The average Bonchev–Trinajstić information content (AvgIpc) is 2.72. The lowest BCUT2D eigenvalue weighted by molar-refractivity contribution is -0.0523. The molecule has 8 nitrogen and oxygen atoms in total. The van der Waals surface area contributed by atoms with E-state index in [9.17, 15) is 22.0 Å². The van der Waals surface area contributed by atoms with Crippen molar-refractivity contribution in [2.45, 2.75) is 37.4 Å². The molecular formula is C20H21F5N8. The van der Waals surface area contributed by atoms with Crippen LogP contribution in [-0.4, -0.2) is 28.5 Å². The second-order valence-corrected chi connectivity index (χ2v) is 7.89. The molecular weight excluding hydrogens is 447 g/mol. The van der Waals surface area contributed by atoms with Crippen LogP contribution in [0.1, 0.15) is 31.4 Å². The molecule has 0 saturated heterocycles. The van der Waals surface area contributed by atoms with E-state index in [1.54, 1.807) is 0 Å². The summed E-state index contributed by atoms with van der Waals surface area (Å²) in [5.41, 5.74) is 7.94. The number of halogens is 5. The Morgan fingerprint density at radius 1 is 1.00 bits per heavy atom. The zero-order valence-electron chi connectivity index (χ0n) is 17.2. The third-order valence-corrected chi connectivity index (χ3v) is 5.52. The van der Waals surface area contributed by atoms with Gasteiger partial charge in [0.1, 0.15) is 23.1 Å². The molecule has 1 unspecified atom stereocenters. The van der Waals surface area contributed by atoms with Gasteiger partial charge in [-0.3, -0.25) is 0 Å². The number of hydrazine groups is 1. The number of anilines is 2. The fraction of sp³-hybridized carbons (Fsp3) is 0.350. The number of nitrogens with one attached hydrogen (secondary N) is 3. The van der Waals surface area contributed by atoms with Crippen molar-refractivity contribution in [3.05, 3.63) is 53.5 Å². The summed E-state index contributed by atoms with van der Waals surface area (Å²) >= 11 is 0. The molecule has 1 atom stereocenters. The van der Waals surface area contributed by atoms with E-state index in [1.165, 1.54) is 6.07 Å². The predicted octanol–water partition coefficient (Wildman–Crippen LogP) is 3.04. The summed E-state index contributed by atoms with van der Waals surface area (Å²) in [4.78, 5) is 12.8. The number of aliphatic imine (C=N–C) groups is 2. The highest BCUT2D eigenvalue weighted by atomic mass is 19.3. The van der Waals surface area contributed by atoms with Crippen LogP contribution in [0.3, 0.4) is 0 Å². The first-order valence-electron chi connectivity index (χ1n) is 10.1. The minimum atomic E-state index is -2.85. The Hall–Kier alpha value is -3.48. The quantitative estimate of drug-likeness (QED) is 0.261. The molecule has 0 spiro atoms. The number of nitrogens with zero attached hydrogens (tertiary/aromatic N) is 3. The molecule has 0 bridgehead atoms. The lowest BCUT2D eigenvalue weighted by atomic mass is 9.81. The van der Waals surface area contributed by atoms with Crippen molar-refractivity contribution in [1.82, 2.24) is 10.3 Å². The summed E-state index contributed by atoms with van der Waals surface area (Å²) in [6.45, 7) is 0. The zero-order chi connectivity index (χ0) is 23.8. The maximum atomic E-state index is 14.6. The van der Waals surface area contributed by atoms with E-state index in [0.29, 0.717) is 6.07 Å². The fourth-order valence-corrected chi connectivity index (χ4v) is 3.98. The Morgan fingerprint density at radius 2 is 1.67 bits per heavy atom. The summed E-state index contributed by atoms with van der Waals surface area (Å²) in [6, 6.07) is 5.08. The number of nitrogens with two attached hydrogens (primary N) is 2. The van der Waals surface area contributed by atoms with Crippen LogP contribution in [0.5, 0.6) is 0 Å². The molecule has 1 aliphatic carbocycles. The normalized spacial score (nSPS) is 22.7. The highest BCUT2D eigenvalue weighted by molar-refractivity contribution is 6.09. The lowest BCUT2D eigenvalue weighted by Crippen LogP contribution is -2.54. The zero-order valence-corrected chi connectivity index (χ0v) is 17.2. The molecule has 2 aromatic rings. The first-order valence-corrected chi connectivity index (χ1v) is 10.1. The minimum absolute atomic E-state index is 0.0222. The minimum Gasteiger partial charge on any atom is -0.370 e. The standard InChI is InChI=1S/C20H21F5N8/c21-11-7-12(22)9-13(8-11)30-20(10-3-5-19(24,25)6-4-10)31-17(29-18(26)32-20)16-14(23)1-2-15(28-16)33-27/h1-2,7-10,30H,3-6,27H2,(H,28,33)(H3,26,29,31,32). The predicted molar refractivity (Wildman–Crippen MR) is 113 cm³/mol. The van der Waals surface area contributed by atoms with Crippen LogP contribution in [0.25, 0.3) is 0 Å². The summed E-state index contributed by atoms with van der Waals surface area (Å²) < 4.78 is 70.0. The summed E-state index contributed by atoms with van der Waals surface area (Å²) in [5.74, 6) is -2.65. The molecule has 4 rings (SSSR count). The molecule has 13 heteroatoms. The van der Waals surface area contributed by atoms with E-state index in [1.807, 2.05) is 0 Å². The third kappa shape index (κ3) is 4.82. The van der Waals surface area contributed by atoms with Gasteiger partial charge in [0, 0.05) is 30.5 Å². The third-order valence-electron chi connectivity index (χ3n) is 5.52. The number of hydrogen-bond donors (Lipinski definition) is 5. The Bertz CT molecular complexity index is 1090. The number of alkyl halides is 2. The highest BCUT2D eigenvalue weighted by Crippen LogP contribution is 2.43. The van der Waals surface area contributed by atoms with Gasteiger partial charge in [-0.25, -0.2) is 42.8 Å². The molecule has 1 aliphatic heterocycles. The number of pyridine rings is 1. The van der Waals surface area contributed by atoms with E-state index < -0.39 is 47.9 Å². The monoisotopic (exact) mass is 468 g/mol. The van der Waals surface area contributed by atoms with E-state index in [4.69, 9.17) is 11.6 Å². The number of guanidine groups is 1. The van der Waals surface area contributed by atoms with Crippen LogP contribution < -0.4 is 27.6 Å². The second-order valence-electron chi connectivity index (χ2n) is 7.89. The van der Waals surface area contributed by atoms with Crippen LogP contribution in [0.2, 0.25) is 0 Å². The van der Waals surface area contributed by atoms with Gasteiger partial charge in [-0.05, 0) is 37.1 Å². The molecule has 1 saturated carbocycles. The molecule has 0 amide bonds. The van der Waals surface area contributed by atoms with Crippen molar-refractivity contribution in [2.24, 2.45) is 27.5 Å². The maximum Gasteiger partial charge on any atom is 0.248 e. The Kier molecular flexibility index (Phi) is 5.82. The van der Waals surface area contributed by atoms with Crippen LogP contribution in [0.4, 0.5) is 33.5 Å². The van der Waals surface area contributed by atoms with Gasteiger partial charge in [-0.2, -0.15) is 0 Å². The van der Waals surface area contributed by atoms with E-state index >= 15 is 0 Å². The molecule has 0 radical (unpaired) electrons. The number of benzene rings is 1. The summed E-state index contributed by atoms with van der Waals surface area (Å²) in [7, 11) is 0. The largest absolute Gasteiger partial charge is 0.370 e. The number of aromatic nitrogens is 1. The van der Waals surface area contributed by atoms with Crippen molar-refractivity contribution < 1.29 is 22.0 Å². The molecule has 1 aromatic carbocycles. The van der Waals surface area contributed by atoms with E-state index in [-0.39, 0.29) is 41.8 Å². The Morgan fingerprint density at radius 3 is 2.30 bits per heavy atom. The summed E-state index contributed by atoms with van der Waals surface area (Å²) in [5, 5.41) is 5.45. The summed E-state index contributed by atoms with van der Waals surface area (Å²) in [6.07, 6.45) is -0.922. The number of hydrogen-bond acceptors (Lipinski definition) is 8. The van der Waals surface area contributed by atoms with E-state index in [0.717, 1.165) is 18.2 Å². The van der Waals surface area contributed by atoms with Crippen LogP contribution in [0.15, 0.2) is 40.3 Å². The topological polar surface area (TPSA) is 126 Å². The van der Waals surface area contributed by atoms with E-state index in [2.05, 4.69) is 31.0 Å². The number of amidine groups is 1. The number of nitrogen functional groups attached to an aromatic ring is 1. The van der Waals surface area contributed by atoms with Gasteiger partial charge >= 0.3 is 0 Å². The fourth-order valence-electron chi connectivity index (χ4n) is 3.98. The van der Waals surface area contributed by atoms with Crippen LogP contribution in [0, 0.1) is 23.4 Å². The van der Waals surface area contributed by atoms with Gasteiger partial charge in [0.05, 0.1) is 0 Å². The van der Waals surface area contributed by atoms with Crippen LogP contribution >= 0.6 is 0 Å². The molecule has 33 heavy (non-hydrogen) atoms. The first-order chi connectivity index (χ1) is 15.6. The van der Waals surface area contributed by atoms with Gasteiger partial charge in [0.15, 0.2) is 17.6 Å². The average molecular weight is 468 g/mol. The van der Waals surface area contributed by atoms with Gasteiger partial charge in [0.2, 0.25) is 11.7 Å². The van der Waals surface area contributed by atoms with Gasteiger partial charge in [-0.15, -0.1) is 0 Å². The molecule has 2 heterocycles. The number of rotatable bonds is 5. The smallest absolute Gasteiger partial charge is 0.248 e. The molecule has 1 fully saturated rings. The van der Waals surface area contributed by atoms with Crippen molar-refractivity contribution >= 4 is 23.3 Å². The molecule has 2 aliphatic rings. The van der Waals surface area contributed by atoms with Crippen molar-refractivity contribution in [3.8, 4) is 0 Å². The lowest BCUT2D eigenvalue weighted by Gasteiger charge is -2.41. The van der Waals surface area contributed by atoms with Crippen LogP contribution in [-0.2, 0) is 0 Å². The SMILES string of the molecule is NNc1ccc(F)c(C2=NC(Nc3cc(F)cc(F)c3)(C3CCC(F)(F)CC3)N=C(N)N2)n1. The molecule has 1 aromatic heterocycles. The van der Waals surface area contributed by atoms with Crippen molar-refractivity contribution in [1.29, 1.82) is 0 Å². The second kappa shape index (κ2) is 8.46. The van der Waals surface area contributed by atoms with Crippen molar-refractivity contribution in [3.63, 3.8) is 0 Å². The van der Waals surface area contributed by atoms with Gasteiger partial charge in [-0.1, -0.05) is 0 Å². The Labute approximate surface area is 185 Å². The van der Waals surface area contributed by atoms with Crippen molar-refractivity contribution in [2.75, 3.05) is 10.7 Å². The Balaban J connectivity index is 1.82.